The molecule has 2 aliphatic heterocycles. The quantitative estimate of drug-likeness (QED) is 0.296. The Labute approximate surface area is 197 Å². The fourth-order valence-corrected chi connectivity index (χ4v) is 5.93. The zero-order valence-corrected chi connectivity index (χ0v) is 19.3. The second-order valence-corrected chi connectivity index (χ2v) is 9.73. The number of rotatable bonds is 6. The fourth-order valence-electron chi connectivity index (χ4n) is 5.93. The Hall–Kier alpha value is -3.20. The zero-order chi connectivity index (χ0) is 22.4. The number of benzene rings is 4. The standard InChI is InChI=1S/C31H30N2/c1-31(2,32-27(23-15-7-3-8-16-23)28(32)24-17-9-4-10-18-24)33-29(25-19-11-5-12-20-25)30(33)26-21-13-6-14-22-26/h3-22,27-30H,1-2H3/t27-,28-,29-,30-/m0/s1. The van der Waals surface area contributed by atoms with E-state index < -0.39 is 0 Å². The Morgan fingerprint density at radius 2 is 0.606 bits per heavy atom. The van der Waals surface area contributed by atoms with Crippen molar-refractivity contribution < 1.29 is 0 Å². The van der Waals surface area contributed by atoms with Crippen LogP contribution in [0.25, 0.3) is 0 Å². The first kappa shape index (κ1) is 20.4. The summed E-state index contributed by atoms with van der Waals surface area (Å²) in [5.74, 6) is 0. The Balaban J connectivity index is 1.39. The second kappa shape index (κ2) is 7.98. The van der Waals surface area contributed by atoms with Gasteiger partial charge in [-0.15, -0.1) is 0 Å². The average Bonchev–Trinajstić information content (AvgIpc) is 3.79. The Bertz CT molecular complexity index is 1020. The van der Waals surface area contributed by atoms with Crippen molar-refractivity contribution in [2.75, 3.05) is 0 Å². The minimum atomic E-state index is -0.109. The molecule has 0 saturated carbocycles. The first-order valence-electron chi connectivity index (χ1n) is 11.9. The van der Waals surface area contributed by atoms with Crippen molar-refractivity contribution in [1.82, 2.24) is 9.80 Å². The third-order valence-electron chi connectivity index (χ3n) is 7.45. The number of hydrogen-bond acceptors (Lipinski definition) is 2. The molecule has 4 aromatic rings. The largest absolute Gasteiger partial charge is 0.268 e. The summed E-state index contributed by atoms with van der Waals surface area (Å²) in [6, 6.07) is 45.5. The molecule has 0 unspecified atom stereocenters. The third-order valence-corrected chi connectivity index (χ3v) is 7.45. The normalized spacial score (nSPS) is 28.3. The maximum atomic E-state index is 2.70. The molecule has 0 aliphatic carbocycles. The highest BCUT2D eigenvalue weighted by Gasteiger charge is 2.65. The average molecular weight is 431 g/mol. The van der Waals surface area contributed by atoms with Crippen molar-refractivity contribution in [3.8, 4) is 0 Å². The van der Waals surface area contributed by atoms with E-state index in [9.17, 15) is 0 Å². The van der Waals surface area contributed by atoms with Crippen LogP contribution in [0, 0.1) is 0 Å². The lowest BCUT2D eigenvalue weighted by atomic mass is 10.0. The van der Waals surface area contributed by atoms with E-state index in [1.807, 2.05) is 0 Å². The van der Waals surface area contributed by atoms with Gasteiger partial charge in [-0.05, 0) is 36.1 Å². The zero-order valence-electron chi connectivity index (χ0n) is 19.3. The topological polar surface area (TPSA) is 6.02 Å². The lowest BCUT2D eigenvalue weighted by Crippen LogP contribution is -2.40. The van der Waals surface area contributed by atoms with Gasteiger partial charge in [-0.3, -0.25) is 9.80 Å². The van der Waals surface area contributed by atoms with Crippen molar-refractivity contribution in [3.63, 3.8) is 0 Å². The van der Waals surface area contributed by atoms with Gasteiger partial charge in [0.15, 0.2) is 0 Å². The van der Waals surface area contributed by atoms with Crippen molar-refractivity contribution in [2.45, 2.75) is 43.7 Å². The molecule has 4 atom stereocenters. The predicted octanol–water partition coefficient (Wildman–Crippen LogP) is 7.32. The van der Waals surface area contributed by atoms with Crippen LogP contribution in [0.5, 0.6) is 0 Å². The van der Waals surface area contributed by atoms with Gasteiger partial charge >= 0.3 is 0 Å². The first-order chi connectivity index (χ1) is 16.2. The molecular weight excluding hydrogens is 400 g/mol. The monoisotopic (exact) mass is 430 g/mol. The number of nitrogens with zero attached hydrogens (tertiary/aromatic N) is 2. The van der Waals surface area contributed by atoms with Crippen LogP contribution in [0.4, 0.5) is 0 Å². The van der Waals surface area contributed by atoms with Crippen LogP contribution in [-0.4, -0.2) is 15.5 Å². The van der Waals surface area contributed by atoms with E-state index in [4.69, 9.17) is 0 Å². The van der Waals surface area contributed by atoms with Crippen molar-refractivity contribution in [2.24, 2.45) is 0 Å². The molecule has 2 nitrogen and oxygen atoms in total. The van der Waals surface area contributed by atoms with Crippen LogP contribution < -0.4 is 0 Å². The van der Waals surface area contributed by atoms with E-state index in [0.29, 0.717) is 24.2 Å². The van der Waals surface area contributed by atoms with Gasteiger partial charge in [-0.2, -0.15) is 0 Å². The summed E-state index contributed by atoms with van der Waals surface area (Å²) in [4.78, 5) is 5.41. The highest BCUT2D eigenvalue weighted by molar-refractivity contribution is 5.40. The Morgan fingerprint density at radius 1 is 0.394 bits per heavy atom. The summed E-state index contributed by atoms with van der Waals surface area (Å²) in [5, 5.41) is 0. The molecule has 0 spiro atoms. The van der Waals surface area contributed by atoms with Gasteiger partial charge in [-0.25, -0.2) is 0 Å². The molecule has 0 aromatic heterocycles. The van der Waals surface area contributed by atoms with Crippen molar-refractivity contribution in [1.29, 1.82) is 0 Å². The van der Waals surface area contributed by atoms with Gasteiger partial charge < -0.3 is 0 Å². The van der Waals surface area contributed by atoms with Gasteiger partial charge in [-0.1, -0.05) is 121 Å². The van der Waals surface area contributed by atoms with Crippen LogP contribution in [0.2, 0.25) is 0 Å². The smallest absolute Gasteiger partial charge is 0.0703 e. The van der Waals surface area contributed by atoms with E-state index in [-0.39, 0.29) is 5.66 Å². The molecule has 6 rings (SSSR count). The van der Waals surface area contributed by atoms with Gasteiger partial charge in [0.1, 0.15) is 0 Å². The molecule has 4 aromatic carbocycles. The van der Waals surface area contributed by atoms with E-state index in [1.165, 1.54) is 22.3 Å². The van der Waals surface area contributed by atoms with E-state index in [0.717, 1.165) is 0 Å². The Kier molecular flexibility index (Phi) is 4.94. The molecule has 0 bridgehead atoms. The highest BCUT2D eigenvalue weighted by Crippen LogP contribution is 2.66. The van der Waals surface area contributed by atoms with Crippen molar-refractivity contribution in [3.05, 3.63) is 144 Å². The molecule has 164 valence electrons. The molecule has 2 saturated heterocycles. The summed E-state index contributed by atoms with van der Waals surface area (Å²) in [6.07, 6.45) is 0. The molecule has 0 amide bonds. The summed E-state index contributed by atoms with van der Waals surface area (Å²) < 4.78 is 0. The molecule has 33 heavy (non-hydrogen) atoms. The fraction of sp³-hybridized carbons (Fsp3) is 0.226. The van der Waals surface area contributed by atoms with Crippen LogP contribution in [0.15, 0.2) is 121 Å². The highest BCUT2D eigenvalue weighted by atomic mass is 15.6. The number of hydrogen-bond donors (Lipinski definition) is 0. The molecule has 0 radical (unpaired) electrons. The van der Waals surface area contributed by atoms with E-state index in [2.05, 4.69) is 145 Å². The lowest BCUT2D eigenvalue weighted by molar-refractivity contribution is 0.0970. The van der Waals surface area contributed by atoms with Crippen LogP contribution in [-0.2, 0) is 0 Å². The predicted molar refractivity (Wildman–Crippen MR) is 134 cm³/mol. The van der Waals surface area contributed by atoms with Gasteiger partial charge in [0.2, 0.25) is 0 Å². The van der Waals surface area contributed by atoms with E-state index in [1.54, 1.807) is 0 Å². The molecule has 2 heterocycles. The lowest BCUT2D eigenvalue weighted by Gasteiger charge is -2.32. The van der Waals surface area contributed by atoms with Crippen LogP contribution >= 0.6 is 0 Å². The summed E-state index contributed by atoms with van der Waals surface area (Å²) >= 11 is 0. The molecule has 2 aliphatic rings. The first-order valence-corrected chi connectivity index (χ1v) is 11.9. The third kappa shape index (κ3) is 3.51. The molecule has 0 N–H and O–H groups in total. The van der Waals surface area contributed by atoms with Crippen molar-refractivity contribution >= 4 is 0 Å². The summed E-state index contributed by atoms with van der Waals surface area (Å²) in [7, 11) is 0. The summed E-state index contributed by atoms with van der Waals surface area (Å²) in [6.45, 7) is 4.81. The van der Waals surface area contributed by atoms with Gasteiger partial charge in [0.05, 0.1) is 29.8 Å². The minimum absolute atomic E-state index is 0.109. The maximum absolute atomic E-state index is 2.70. The summed E-state index contributed by atoms with van der Waals surface area (Å²) in [5.41, 5.74) is 5.48. The second-order valence-electron chi connectivity index (χ2n) is 9.73. The molecule has 2 heteroatoms. The molecular formula is C31H30N2. The minimum Gasteiger partial charge on any atom is -0.268 e. The van der Waals surface area contributed by atoms with Crippen LogP contribution in [0.3, 0.4) is 0 Å². The molecule has 2 fully saturated rings. The SMILES string of the molecule is CC(C)(N1[C@@H](c2ccccc2)[C@@H]1c1ccccc1)N1[C@@H](c2ccccc2)[C@@H]1c1ccccc1. The maximum Gasteiger partial charge on any atom is 0.0703 e. The van der Waals surface area contributed by atoms with Gasteiger partial charge in [0, 0.05) is 0 Å². The Morgan fingerprint density at radius 3 is 0.818 bits per heavy atom. The van der Waals surface area contributed by atoms with Crippen LogP contribution in [0.1, 0.15) is 60.3 Å². The van der Waals surface area contributed by atoms with E-state index >= 15 is 0 Å². The van der Waals surface area contributed by atoms with Gasteiger partial charge in [0.25, 0.3) is 0 Å².